The van der Waals surface area contributed by atoms with Crippen molar-refractivity contribution in [1.29, 1.82) is 0 Å². The summed E-state index contributed by atoms with van der Waals surface area (Å²) in [4.78, 5) is 0. The van der Waals surface area contributed by atoms with Crippen LogP contribution in [0.5, 0.6) is 0 Å². The summed E-state index contributed by atoms with van der Waals surface area (Å²) < 4.78 is 6.02. The van der Waals surface area contributed by atoms with Crippen LogP contribution in [0.4, 0.5) is 0 Å². The summed E-state index contributed by atoms with van der Waals surface area (Å²) in [5, 5.41) is 13.1. The minimum Gasteiger partial charge on any atom is -0.394 e. The third-order valence-corrected chi connectivity index (χ3v) is 4.77. The Kier molecular flexibility index (Phi) is 4.91. The van der Waals surface area contributed by atoms with E-state index in [1.807, 2.05) is 0 Å². The molecule has 0 radical (unpaired) electrons. The Labute approximate surface area is 118 Å². The molecule has 1 unspecified atom stereocenters. The van der Waals surface area contributed by atoms with Crippen LogP contribution in [0.1, 0.15) is 65.7 Å². The first-order valence-corrected chi connectivity index (χ1v) is 7.93. The maximum atomic E-state index is 9.55. The van der Waals surface area contributed by atoms with Crippen molar-refractivity contribution in [1.82, 2.24) is 5.32 Å². The standard InChI is InChI=1S/C16H31NO2/c1-15(2)8-6-14(7-9-15)19-11-10-16(3,12-18)17-13-4-5-13/h13-14,17-18H,4-12H2,1-3H3. The number of ether oxygens (including phenoxy) is 1. The van der Waals surface area contributed by atoms with Gasteiger partial charge in [-0.3, -0.25) is 0 Å². The molecule has 112 valence electrons. The minimum atomic E-state index is -0.158. The second-order valence-electron chi connectivity index (χ2n) is 7.62. The molecule has 0 amide bonds. The van der Waals surface area contributed by atoms with Crippen LogP contribution >= 0.6 is 0 Å². The van der Waals surface area contributed by atoms with Crippen LogP contribution in [0.3, 0.4) is 0 Å². The van der Waals surface area contributed by atoms with Crippen LogP contribution in [0.15, 0.2) is 0 Å². The van der Waals surface area contributed by atoms with Gasteiger partial charge in [-0.15, -0.1) is 0 Å². The van der Waals surface area contributed by atoms with Gasteiger partial charge in [-0.25, -0.2) is 0 Å². The average Bonchev–Trinajstić information content (AvgIpc) is 3.15. The van der Waals surface area contributed by atoms with E-state index in [0.717, 1.165) is 13.0 Å². The molecule has 0 aromatic heterocycles. The number of hydrogen-bond donors (Lipinski definition) is 2. The third kappa shape index (κ3) is 5.05. The van der Waals surface area contributed by atoms with Crippen LogP contribution < -0.4 is 5.32 Å². The molecule has 0 bridgehead atoms. The number of rotatable bonds is 7. The molecular weight excluding hydrogens is 238 g/mol. The summed E-state index contributed by atoms with van der Waals surface area (Å²) in [5.41, 5.74) is 0.349. The Morgan fingerprint density at radius 2 is 1.84 bits per heavy atom. The van der Waals surface area contributed by atoms with E-state index < -0.39 is 0 Å². The first-order chi connectivity index (χ1) is 8.92. The van der Waals surface area contributed by atoms with Crippen LogP contribution in [-0.4, -0.2) is 36.0 Å². The van der Waals surface area contributed by atoms with Crippen molar-refractivity contribution in [2.75, 3.05) is 13.2 Å². The molecule has 0 heterocycles. The van der Waals surface area contributed by atoms with Crippen LogP contribution in [0.25, 0.3) is 0 Å². The highest BCUT2D eigenvalue weighted by molar-refractivity contribution is 4.92. The number of nitrogens with one attached hydrogen (secondary N) is 1. The normalized spacial score (nSPS) is 27.2. The molecule has 1 atom stereocenters. The molecule has 0 aromatic carbocycles. The minimum absolute atomic E-state index is 0.158. The Morgan fingerprint density at radius 1 is 1.21 bits per heavy atom. The zero-order chi connectivity index (χ0) is 13.9. The summed E-state index contributed by atoms with van der Waals surface area (Å²) in [6, 6.07) is 0.632. The molecule has 2 saturated carbocycles. The lowest BCUT2D eigenvalue weighted by atomic mass is 9.76. The molecule has 19 heavy (non-hydrogen) atoms. The molecule has 3 nitrogen and oxygen atoms in total. The van der Waals surface area contributed by atoms with E-state index in [9.17, 15) is 5.11 Å². The van der Waals surface area contributed by atoms with Crippen LogP contribution in [0.2, 0.25) is 0 Å². The second-order valence-corrected chi connectivity index (χ2v) is 7.62. The van der Waals surface area contributed by atoms with Gasteiger partial charge in [-0.05, 0) is 57.3 Å². The van der Waals surface area contributed by atoms with Gasteiger partial charge >= 0.3 is 0 Å². The summed E-state index contributed by atoms with van der Waals surface area (Å²) in [6.45, 7) is 7.78. The lowest BCUT2D eigenvalue weighted by molar-refractivity contribution is -0.00830. The Morgan fingerprint density at radius 3 is 2.37 bits per heavy atom. The second kappa shape index (κ2) is 6.11. The van der Waals surface area contributed by atoms with Crippen molar-refractivity contribution in [3.05, 3.63) is 0 Å². The monoisotopic (exact) mass is 269 g/mol. The highest BCUT2D eigenvalue weighted by Crippen LogP contribution is 2.36. The van der Waals surface area contributed by atoms with E-state index in [2.05, 4.69) is 26.1 Å². The molecule has 2 rings (SSSR count). The average molecular weight is 269 g/mol. The quantitative estimate of drug-likeness (QED) is 0.747. The lowest BCUT2D eigenvalue weighted by Gasteiger charge is -2.35. The van der Waals surface area contributed by atoms with Crippen LogP contribution in [0, 0.1) is 5.41 Å². The molecule has 0 spiro atoms. The van der Waals surface area contributed by atoms with E-state index in [-0.39, 0.29) is 12.1 Å². The molecule has 0 aliphatic heterocycles. The first-order valence-electron chi connectivity index (χ1n) is 7.93. The van der Waals surface area contributed by atoms with E-state index >= 15 is 0 Å². The van der Waals surface area contributed by atoms with Crippen molar-refractivity contribution in [2.45, 2.75) is 83.4 Å². The van der Waals surface area contributed by atoms with E-state index in [1.165, 1.54) is 38.5 Å². The van der Waals surface area contributed by atoms with Gasteiger partial charge in [0.2, 0.25) is 0 Å². The first kappa shape index (κ1) is 15.3. The number of aliphatic hydroxyl groups is 1. The van der Waals surface area contributed by atoms with Crippen molar-refractivity contribution in [2.24, 2.45) is 5.41 Å². The van der Waals surface area contributed by atoms with Crippen molar-refractivity contribution in [3.63, 3.8) is 0 Å². The fourth-order valence-electron chi connectivity index (χ4n) is 2.91. The molecule has 2 aliphatic carbocycles. The molecule has 0 saturated heterocycles. The van der Waals surface area contributed by atoms with Crippen molar-refractivity contribution < 1.29 is 9.84 Å². The van der Waals surface area contributed by atoms with Gasteiger partial charge in [0.1, 0.15) is 0 Å². The van der Waals surface area contributed by atoms with Gasteiger partial charge < -0.3 is 15.2 Å². The molecule has 0 aromatic rings. The summed E-state index contributed by atoms with van der Waals surface area (Å²) >= 11 is 0. The topological polar surface area (TPSA) is 41.5 Å². The summed E-state index contributed by atoms with van der Waals surface area (Å²) in [5.74, 6) is 0. The Hall–Kier alpha value is -0.120. The van der Waals surface area contributed by atoms with Gasteiger partial charge in [0.25, 0.3) is 0 Å². The molecular formula is C16H31NO2. The largest absolute Gasteiger partial charge is 0.394 e. The predicted molar refractivity (Wildman–Crippen MR) is 78.3 cm³/mol. The summed E-state index contributed by atoms with van der Waals surface area (Å²) in [7, 11) is 0. The van der Waals surface area contributed by atoms with Gasteiger partial charge in [-0.1, -0.05) is 13.8 Å². The molecule has 2 aliphatic rings. The van der Waals surface area contributed by atoms with Gasteiger partial charge in [0, 0.05) is 18.2 Å². The zero-order valence-electron chi connectivity index (χ0n) is 12.9. The molecule has 3 heteroatoms. The smallest absolute Gasteiger partial charge is 0.0611 e. The van der Waals surface area contributed by atoms with Gasteiger partial charge in [0.15, 0.2) is 0 Å². The van der Waals surface area contributed by atoms with Crippen molar-refractivity contribution >= 4 is 0 Å². The van der Waals surface area contributed by atoms with Crippen LogP contribution in [-0.2, 0) is 4.74 Å². The van der Waals surface area contributed by atoms with E-state index in [4.69, 9.17) is 4.74 Å². The predicted octanol–water partition coefficient (Wildman–Crippen LogP) is 2.86. The Balaban J connectivity index is 1.65. The van der Waals surface area contributed by atoms with E-state index in [0.29, 0.717) is 17.6 Å². The summed E-state index contributed by atoms with van der Waals surface area (Å²) in [6.07, 6.45) is 8.79. The van der Waals surface area contributed by atoms with Gasteiger partial charge in [-0.2, -0.15) is 0 Å². The van der Waals surface area contributed by atoms with E-state index in [1.54, 1.807) is 0 Å². The fourth-order valence-corrected chi connectivity index (χ4v) is 2.91. The Bertz CT molecular complexity index is 278. The lowest BCUT2D eigenvalue weighted by Crippen LogP contribution is -2.48. The molecule has 2 fully saturated rings. The van der Waals surface area contributed by atoms with Crippen molar-refractivity contribution in [3.8, 4) is 0 Å². The number of aliphatic hydroxyl groups excluding tert-OH is 1. The third-order valence-electron chi connectivity index (χ3n) is 4.77. The zero-order valence-corrected chi connectivity index (χ0v) is 12.9. The highest BCUT2D eigenvalue weighted by atomic mass is 16.5. The highest BCUT2D eigenvalue weighted by Gasteiger charge is 2.32. The maximum Gasteiger partial charge on any atom is 0.0611 e. The van der Waals surface area contributed by atoms with Gasteiger partial charge in [0.05, 0.1) is 12.7 Å². The maximum absolute atomic E-state index is 9.55. The number of hydrogen-bond acceptors (Lipinski definition) is 3. The molecule has 2 N–H and O–H groups in total. The fraction of sp³-hybridized carbons (Fsp3) is 1.00. The SMILES string of the molecule is CC1(C)CCC(OCCC(C)(CO)NC2CC2)CC1.